The van der Waals surface area contributed by atoms with Crippen LogP contribution in [0.15, 0.2) is 4.99 Å². The van der Waals surface area contributed by atoms with Crippen molar-refractivity contribution >= 4 is 40.0 Å². The van der Waals surface area contributed by atoms with Crippen LogP contribution in [0, 0.1) is 5.41 Å². The van der Waals surface area contributed by atoms with E-state index in [1.54, 1.807) is 14.0 Å². The topological polar surface area (TPSA) is 65.0 Å². The lowest BCUT2D eigenvalue weighted by Crippen LogP contribution is -2.41. The van der Waals surface area contributed by atoms with Gasteiger partial charge >= 0.3 is 0 Å². The van der Waals surface area contributed by atoms with Crippen molar-refractivity contribution in [3.63, 3.8) is 0 Å². The van der Waals surface area contributed by atoms with Gasteiger partial charge in [-0.1, -0.05) is 19.3 Å². The molecular formula is C18H37IN4O2S. The standard InChI is InChI=1S/C18H36N4O2S.HI/c1-4-19-17(20-13-9-14-21(3)25(23,24)5-2)22-15-12-18(16-22)10-7-6-8-11-18;/h4-16H2,1-3H3,(H,19,20);1H. The number of halogens is 1. The van der Waals surface area contributed by atoms with Gasteiger partial charge in [0.05, 0.1) is 5.75 Å². The zero-order chi connectivity index (χ0) is 18.3. The van der Waals surface area contributed by atoms with Crippen LogP contribution in [0.4, 0.5) is 0 Å². The molecular weight excluding hydrogens is 463 g/mol. The molecule has 1 heterocycles. The first-order valence-electron chi connectivity index (χ1n) is 9.90. The van der Waals surface area contributed by atoms with Crippen molar-refractivity contribution in [2.24, 2.45) is 10.4 Å². The Bertz CT molecular complexity index is 547. The number of rotatable bonds is 7. The number of nitrogens with one attached hydrogen (secondary N) is 1. The molecule has 0 aromatic rings. The summed E-state index contributed by atoms with van der Waals surface area (Å²) in [6.45, 7) is 8.06. The van der Waals surface area contributed by atoms with E-state index < -0.39 is 10.0 Å². The van der Waals surface area contributed by atoms with Crippen molar-refractivity contribution < 1.29 is 8.42 Å². The van der Waals surface area contributed by atoms with E-state index >= 15 is 0 Å². The molecule has 154 valence electrons. The first-order chi connectivity index (χ1) is 11.9. The largest absolute Gasteiger partial charge is 0.357 e. The minimum absolute atomic E-state index is 0. The summed E-state index contributed by atoms with van der Waals surface area (Å²) in [5.74, 6) is 1.16. The lowest BCUT2D eigenvalue weighted by atomic mass is 9.73. The lowest BCUT2D eigenvalue weighted by Gasteiger charge is -2.33. The smallest absolute Gasteiger partial charge is 0.213 e. The minimum Gasteiger partial charge on any atom is -0.357 e. The third-order valence-corrected chi connectivity index (χ3v) is 7.58. The summed E-state index contributed by atoms with van der Waals surface area (Å²) in [4.78, 5) is 7.18. The lowest BCUT2D eigenvalue weighted by molar-refractivity contribution is 0.203. The first-order valence-corrected chi connectivity index (χ1v) is 11.5. The first kappa shape index (κ1) is 23.9. The summed E-state index contributed by atoms with van der Waals surface area (Å²) in [6.07, 6.45) is 8.91. The van der Waals surface area contributed by atoms with Gasteiger partial charge in [0.2, 0.25) is 10.0 Å². The number of guanidine groups is 1. The average molecular weight is 500 g/mol. The maximum atomic E-state index is 11.8. The molecule has 1 N–H and O–H groups in total. The van der Waals surface area contributed by atoms with Crippen molar-refractivity contribution in [3.05, 3.63) is 0 Å². The Labute approximate surface area is 177 Å². The maximum Gasteiger partial charge on any atom is 0.213 e. The van der Waals surface area contributed by atoms with Gasteiger partial charge < -0.3 is 10.2 Å². The molecule has 0 aromatic heterocycles. The second-order valence-electron chi connectivity index (χ2n) is 7.54. The predicted molar refractivity (Wildman–Crippen MR) is 120 cm³/mol. The Hall–Kier alpha value is -0.0900. The van der Waals surface area contributed by atoms with E-state index in [1.165, 1.54) is 42.8 Å². The Morgan fingerprint density at radius 1 is 1.19 bits per heavy atom. The van der Waals surface area contributed by atoms with Crippen LogP contribution in [0.25, 0.3) is 0 Å². The van der Waals surface area contributed by atoms with Crippen LogP contribution in [-0.2, 0) is 10.0 Å². The van der Waals surface area contributed by atoms with Gasteiger partial charge in [0.25, 0.3) is 0 Å². The molecule has 6 nitrogen and oxygen atoms in total. The van der Waals surface area contributed by atoms with Crippen molar-refractivity contribution in [1.82, 2.24) is 14.5 Å². The summed E-state index contributed by atoms with van der Waals surface area (Å²) in [5.41, 5.74) is 0.518. The molecule has 0 atom stereocenters. The molecule has 8 heteroatoms. The quantitative estimate of drug-likeness (QED) is 0.253. The number of hydrogen-bond acceptors (Lipinski definition) is 3. The molecule has 0 radical (unpaired) electrons. The highest BCUT2D eigenvalue weighted by Gasteiger charge is 2.39. The maximum absolute atomic E-state index is 11.8. The van der Waals surface area contributed by atoms with Gasteiger partial charge in [0, 0.05) is 39.8 Å². The predicted octanol–water partition coefficient (Wildman–Crippen LogP) is 2.90. The highest BCUT2D eigenvalue weighted by molar-refractivity contribution is 14.0. The fourth-order valence-electron chi connectivity index (χ4n) is 4.09. The zero-order valence-corrected chi connectivity index (χ0v) is 19.8. The van der Waals surface area contributed by atoms with Crippen molar-refractivity contribution in [2.45, 2.75) is 58.8 Å². The van der Waals surface area contributed by atoms with E-state index in [9.17, 15) is 8.42 Å². The monoisotopic (exact) mass is 500 g/mol. The van der Waals surface area contributed by atoms with Gasteiger partial charge in [0.15, 0.2) is 5.96 Å². The van der Waals surface area contributed by atoms with Gasteiger partial charge in [-0.05, 0) is 44.9 Å². The fourth-order valence-corrected chi connectivity index (χ4v) is 4.94. The van der Waals surface area contributed by atoms with E-state index in [-0.39, 0.29) is 29.7 Å². The van der Waals surface area contributed by atoms with Gasteiger partial charge in [-0.3, -0.25) is 4.99 Å². The Kier molecular flexibility index (Phi) is 10.2. The van der Waals surface area contributed by atoms with Crippen LogP contribution in [0.3, 0.4) is 0 Å². The van der Waals surface area contributed by atoms with Gasteiger partial charge in [0.1, 0.15) is 0 Å². The molecule has 2 aliphatic rings. The molecule has 2 fully saturated rings. The molecule has 1 aliphatic carbocycles. The second kappa shape index (κ2) is 11.0. The fraction of sp³-hybridized carbons (Fsp3) is 0.944. The molecule has 26 heavy (non-hydrogen) atoms. The van der Waals surface area contributed by atoms with Crippen molar-refractivity contribution in [1.29, 1.82) is 0 Å². The Balaban J connectivity index is 0.00000338. The number of likely N-dealkylation sites (tertiary alicyclic amines) is 1. The van der Waals surface area contributed by atoms with E-state index in [0.717, 1.165) is 32.0 Å². The number of aliphatic imine (C=N–C) groups is 1. The van der Waals surface area contributed by atoms with Gasteiger partial charge in [-0.25, -0.2) is 12.7 Å². The van der Waals surface area contributed by atoms with Crippen molar-refractivity contribution in [3.8, 4) is 0 Å². The zero-order valence-electron chi connectivity index (χ0n) is 16.7. The van der Waals surface area contributed by atoms with Crippen LogP contribution in [0.1, 0.15) is 58.8 Å². The summed E-state index contributed by atoms with van der Waals surface area (Å²) in [6, 6.07) is 0. The second-order valence-corrected chi connectivity index (χ2v) is 9.91. The molecule has 0 aromatic carbocycles. The summed E-state index contributed by atoms with van der Waals surface area (Å²) in [5, 5.41) is 3.42. The van der Waals surface area contributed by atoms with E-state index in [2.05, 4.69) is 17.1 Å². The highest BCUT2D eigenvalue weighted by atomic mass is 127. The minimum atomic E-state index is -3.08. The highest BCUT2D eigenvalue weighted by Crippen LogP contribution is 2.43. The number of hydrogen-bond donors (Lipinski definition) is 1. The van der Waals surface area contributed by atoms with Crippen LogP contribution in [0.5, 0.6) is 0 Å². The van der Waals surface area contributed by atoms with E-state index in [1.807, 2.05) is 0 Å². The number of nitrogens with zero attached hydrogens (tertiary/aromatic N) is 3. The molecule has 1 saturated carbocycles. The van der Waals surface area contributed by atoms with Gasteiger partial charge in [-0.15, -0.1) is 24.0 Å². The average Bonchev–Trinajstić information content (AvgIpc) is 3.01. The third kappa shape index (κ3) is 6.51. The molecule has 0 unspecified atom stereocenters. The molecule has 1 aliphatic heterocycles. The van der Waals surface area contributed by atoms with Crippen LogP contribution in [0.2, 0.25) is 0 Å². The molecule has 2 rings (SSSR count). The third-order valence-electron chi connectivity index (χ3n) is 5.72. The molecule has 0 amide bonds. The normalized spacial score (nSPS) is 20.5. The molecule has 0 bridgehead atoms. The SMILES string of the molecule is CCNC(=NCCCN(C)S(=O)(=O)CC)N1CCC2(CCCCC2)C1.I. The Morgan fingerprint density at radius 3 is 2.50 bits per heavy atom. The van der Waals surface area contributed by atoms with Gasteiger partial charge in [-0.2, -0.15) is 0 Å². The summed E-state index contributed by atoms with van der Waals surface area (Å²) in [7, 11) is -1.43. The van der Waals surface area contributed by atoms with E-state index in [4.69, 9.17) is 4.99 Å². The van der Waals surface area contributed by atoms with Crippen LogP contribution < -0.4 is 5.32 Å². The molecule has 1 saturated heterocycles. The van der Waals surface area contributed by atoms with Crippen LogP contribution in [-0.4, -0.2) is 69.1 Å². The van der Waals surface area contributed by atoms with Crippen LogP contribution >= 0.6 is 24.0 Å². The Morgan fingerprint density at radius 2 is 1.88 bits per heavy atom. The molecule has 1 spiro atoms. The van der Waals surface area contributed by atoms with E-state index in [0.29, 0.717) is 18.5 Å². The number of sulfonamides is 1. The van der Waals surface area contributed by atoms with Crippen molar-refractivity contribution in [2.75, 3.05) is 45.5 Å². The summed E-state index contributed by atoms with van der Waals surface area (Å²) >= 11 is 0. The summed E-state index contributed by atoms with van der Waals surface area (Å²) < 4.78 is 25.0.